The van der Waals surface area contributed by atoms with Gasteiger partial charge in [0.05, 0.1) is 18.7 Å². The van der Waals surface area contributed by atoms with E-state index >= 15 is 0 Å². The third kappa shape index (κ3) is 3.30. The molecule has 1 aliphatic rings. The number of alkyl halides is 2. The maximum absolute atomic E-state index is 13.0. The summed E-state index contributed by atoms with van der Waals surface area (Å²) in [6, 6.07) is 0. The fourth-order valence-electron chi connectivity index (χ4n) is 2.24. The number of rotatable bonds is 4. The Bertz CT molecular complexity index is 473. The Labute approximate surface area is 115 Å². The second-order valence-electron chi connectivity index (χ2n) is 5.14. The largest absolute Gasteiger partial charge is 0.346 e. The molecule has 1 unspecified atom stereocenters. The van der Waals surface area contributed by atoms with E-state index in [0.717, 1.165) is 24.8 Å². The third-order valence-electron chi connectivity index (χ3n) is 3.45. The van der Waals surface area contributed by atoms with Crippen molar-refractivity contribution in [1.82, 2.24) is 5.32 Å². The summed E-state index contributed by atoms with van der Waals surface area (Å²) in [6.07, 6.45) is 2.88. The number of nitrogens with two attached hydrogens (primary N) is 1. The van der Waals surface area contributed by atoms with E-state index in [-0.39, 0.29) is 0 Å². The van der Waals surface area contributed by atoms with Gasteiger partial charge in [0.15, 0.2) is 0 Å². The van der Waals surface area contributed by atoms with Gasteiger partial charge in [-0.25, -0.2) is 8.78 Å². The van der Waals surface area contributed by atoms with Crippen LogP contribution in [0.3, 0.4) is 0 Å². The standard InChI is InChI=1S/C13H18F2N2OS/c1-8-2-3-9-10(5-19-11(9)4-8)12(18)17-7-13(14,15)6-16/h5,8H,2-4,6-7,16H2,1H3,(H,17,18). The molecule has 0 aromatic carbocycles. The number of carbonyl (C=O) groups is 1. The minimum absolute atomic E-state index is 0.417. The monoisotopic (exact) mass is 288 g/mol. The molecule has 2 rings (SSSR count). The zero-order chi connectivity index (χ0) is 14.0. The zero-order valence-corrected chi connectivity index (χ0v) is 11.7. The molecule has 1 heterocycles. The Hall–Kier alpha value is -1.01. The number of amides is 1. The number of nitrogens with one attached hydrogen (secondary N) is 1. The predicted octanol–water partition coefficient (Wildman–Crippen LogP) is 2.20. The van der Waals surface area contributed by atoms with Gasteiger partial charge in [0.1, 0.15) is 0 Å². The van der Waals surface area contributed by atoms with E-state index in [1.807, 2.05) is 0 Å². The normalized spacial score (nSPS) is 19.1. The lowest BCUT2D eigenvalue weighted by Gasteiger charge is -2.19. The lowest BCUT2D eigenvalue weighted by molar-refractivity contribution is 0.0118. The second kappa shape index (κ2) is 5.54. The molecular weight excluding hydrogens is 270 g/mol. The van der Waals surface area contributed by atoms with Gasteiger partial charge in [0.25, 0.3) is 11.8 Å². The van der Waals surface area contributed by atoms with Gasteiger partial charge in [-0.15, -0.1) is 11.3 Å². The van der Waals surface area contributed by atoms with E-state index in [2.05, 4.69) is 12.2 Å². The van der Waals surface area contributed by atoms with Crippen molar-refractivity contribution in [2.45, 2.75) is 32.1 Å². The fourth-order valence-corrected chi connectivity index (χ4v) is 3.49. The molecule has 0 aliphatic heterocycles. The van der Waals surface area contributed by atoms with Crippen LogP contribution in [0.2, 0.25) is 0 Å². The molecule has 0 fully saturated rings. The molecular formula is C13H18F2N2OS. The summed E-state index contributed by atoms with van der Waals surface area (Å²) in [5.41, 5.74) is 6.53. The SMILES string of the molecule is CC1CCc2c(C(=O)NCC(F)(F)CN)csc2C1. The molecule has 3 nitrogen and oxygen atoms in total. The van der Waals surface area contributed by atoms with Gasteiger partial charge in [-0.05, 0) is 30.7 Å². The maximum Gasteiger partial charge on any atom is 0.277 e. The van der Waals surface area contributed by atoms with Crippen molar-refractivity contribution in [3.8, 4) is 0 Å². The van der Waals surface area contributed by atoms with Crippen molar-refractivity contribution in [1.29, 1.82) is 0 Å². The summed E-state index contributed by atoms with van der Waals surface area (Å²) in [6.45, 7) is 0.722. The second-order valence-corrected chi connectivity index (χ2v) is 6.11. The number of hydrogen-bond acceptors (Lipinski definition) is 3. The van der Waals surface area contributed by atoms with Crippen LogP contribution in [0.15, 0.2) is 5.38 Å². The highest BCUT2D eigenvalue weighted by atomic mass is 32.1. The number of halogens is 2. The first-order valence-electron chi connectivity index (χ1n) is 6.38. The lowest BCUT2D eigenvalue weighted by Crippen LogP contribution is -2.41. The van der Waals surface area contributed by atoms with Crippen LogP contribution in [0.25, 0.3) is 0 Å². The molecule has 6 heteroatoms. The first kappa shape index (κ1) is 14.4. The van der Waals surface area contributed by atoms with Gasteiger partial charge in [-0.2, -0.15) is 0 Å². The molecule has 0 spiro atoms. The Morgan fingerprint density at radius 3 is 3.05 bits per heavy atom. The minimum Gasteiger partial charge on any atom is -0.346 e. The number of hydrogen-bond donors (Lipinski definition) is 2. The molecule has 0 saturated heterocycles. The first-order chi connectivity index (χ1) is 8.93. The molecule has 3 N–H and O–H groups in total. The Balaban J connectivity index is 2.05. The summed E-state index contributed by atoms with van der Waals surface area (Å²) < 4.78 is 26.0. The van der Waals surface area contributed by atoms with Gasteiger partial charge < -0.3 is 11.1 Å². The van der Waals surface area contributed by atoms with Crippen LogP contribution in [0.1, 0.15) is 34.1 Å². The zero-order valence-electron chi connectivity index (χ0n) is 10.8. The maximum atomic E-state index is 13.0. The van der Waals surface area contributed by atoms with Crippen LogP contribution in [-0.4, -0.2) is 24.9 Å². The topological polar surface area (TPSA) is 55.1 Å². The lowest BCUT2D eigenvalue weighted by atomic mass is 9.88. The van der Waals surface area contributed by atoms with Crippen molar-refractivity contribution >= 4 is 17.2 Å². The van der Waals surface area contributed by atoms with Crippen LogP contribution in [0.4, 0.5) is 8.78 Å². The summed E-state index contributed by atoms with van der Waals surface area (Å²) in [4.78, 5) is 13.2. The van der Waals surface area contributed by atoms with Crippen LogP contribution < -0.4 is 11.1 Å². The van der Waals surface area contributed by atoms with Gasteiger partial charge in [-0.3, -0.25) is 4.79 Å². The van der Waals surface area contributed by atoms with Crippen molar-refractivity contribution in [2.75, 3.05) is 13.1 Å². The van der Waals surface area contributed by atoms with Crippen molar-refractivity contribution < 1.29 is 13.6 Å². The fraction of sp³-hybridized carbons (Fsp3) is 0.615. The van der Waals surface area contributed by atoms with Crippen LogP contribution in [0, 0.1) is 5.92 Å². The summed E-state index contributed by atoms with van der Waals surface area (Å²) >= 11 is 1.55. The highest BCUT2D eigenvalue weighted by Gasteiger charge is 2.29. The Morgan fingerprint density at radius 1 is 1.63 bits per heavy atom. The van der Waals surface area contributed by atoms with Crippen LogP contribution >= 0.6 is 11.3 Å². The van der Waals surface area contributed by atoms with Gasteiger partial charge in [0, 0.05) is 10.3 Å². The average Bonchev–Trinajstić information content (AvgIpc) is 2.79. The van der Waals surface area contributed by atoms with Crippen molar-refractivity contribution in [2.24, 2.45) is 11.7 Å². The van der Waals surface area contributed by atoms with E-state index in [1.54, 1.807) is 16.7 Å². The Kier molecular flexibility index (Phi) is 4.20. The summed E-state index contributed by atoms with van der Waals surface area (Å²) in [5, 5.41) is 4.05. The summed E-state index contributed by atoms with van der Waals surface area (Å²) in [5.74, 6) is -2.83. The van der Waals surface area contributed by atoms with Crippen LogP contribution in [0.5, 0.6) is 0 Å². The molecule has 0 saturated carbocycles. The third-order valence-corrected chi connectivity index (χ3v) is 4.50. The van der Waals surface area contributed by atoms with E-state index in [4.69, 9.17) is 5.73 Å². The smallest absolute Gasteiger partial charge is 0.277 e. The highest BCUT2D eigenvalue weighted by Crippen LogP contribution is 2.32. The van der Waals surface area contributed by atoms with E-state index in [0.29, 0.717) is 11.5 Å². The first-order valence-corrected chi connectivity index (χ1v) is 7.26. The van der Waals surface area contributed by atoms with Crippen molar-refractivity contribution in [3.63, 3.8) is 0 Å². The number of fused-ring (bicyclic) bond motifs is 1. The summed E-state index contributed by atoms with van der Waals surface area (Å²) in [7, 11) is 0. The predicted molar refractivity (Wildman–Crippen MR) is 71.8 cm³/mol. The average molecular weight is 288 g/mol. The molecule has 0 radical (unpaired) electrons. The molecule has 1 aromatic rings. The highest BCUT2D eigenvalue weighted by molar-refractivity contribution is 7.10. The van der Waals surface area contributed by atoms with E-state index in [9.17, 15) is 13.6 Å². The number of thiophene rings is 1. The van der Waals surface area contributed by atoms with Gasteiger partial charge in [0.2, 0.25) is 0 Å². The van der Waals surface area contributed by atoms with E-state index in [1.165, 1.54) is 4.88 Å². The minimum atomic E-state index is -3.04. The molecule has 1 aromatic heterocycles. The van der Waals surface area contributed by atoms with Crippen molar-refractivity contribution in [3.05, 3.63) is 21.4 Å². The molecule has 1 aliphatic carbocycles. The quantitative estimate of drug-likeness (QED) is 0.892. The Morgan fingerprint density at radius 2 is 2.37 bits per heavy atom. The molecule has 1 atom stereocenters. The molecule has 106 valence electrons. The van der Waals surface area contributed by atoms with Gasteiger partial charge >= 0.3 is 0 Å². The van der Waals surface area contributed by atoms with Gasteiger partial charge in [-0.1, -0.05) is 6.92 Å². The molecule has 1 amide bonds. The van der Waals surface area contributed by atoms with Crippen LogP contribution in [-0.2, 0) is 12.8 Å². The molecule has 19 heavy (non-hydrogen) atoms. The molecule has 0 bridgehead atoms. The van der Waals surface area contributed by atoms with E-state index < -0.39 is 24.9 Å². The number of carbonyl (C=O) groups excluding carboxylic acids is 1.